The SMILES string of the molecule is Cn1c(=O)c2c(CC(=O)Nc3nc(-c4ccc(C(F)(F)F)c(F)c4F)cs3)ccnc2n(C)c1=O. The monoisotopic (exact) mass is 511 g/mol. The van der Waals surface area contributed by atoms with E-state index in [9.17, 15) is 36.3 Å². The molecular formula is C21H14F5N5O3S. The number of hydrogen-bond acceptors (Lipinski definition) is 6. The maximum atomic E-state index is 14.3. The largest absolute Gasteiger partial charge is 0.419 e. The van der Waals surface area contributed by atoms with E-state index in [0.29, 0.717) is 6.07 Å². The molecule has 0 fully saturated rings. The quantitative estimate of drug-likeness (QED) is 0.425. The average molecular weight is 511 g/mol. The zero-order valence-electron chi connectivity index (χ0n) is 17.9. The minimum Gasteiger partial charge on any atom is -0.302 e. The first-order valence-electron chi connectivity index (χ1n) is 9.74. The summed E-state index contributed by atoms with van der Waals surface area (Å²) in [4.78, 5) is 45.3. The summed E-state index contributed by atoms with van der Waals surface area (Å²) in [6.07, 6.45) is -4.02. The molecule has 0 atom stereocenters. The Bertz CT molecular complexity index is 1610. The lowest BCUT2D eigenvalue weighted by Gasteiger charge is -2.10. The molecule has 0 saturated carbocycles. The fourth-order valence-corrected chi connectivity index (χ4v) is 4.18. The van der Waals surface area contributed by atoms with Gasteiger partial charge in [0.1, 0.15) is 5.65 Å². The Morgan fingerprint density at radius 2 is 1.80 bits per heavy atom. The number of pyridine rings is 1. The molecule has 1 amide bonds. The molecule has 1 N–H and O–H groups in total. The van der Waals surface area contributed by atoms with Crippen molar-refractivity contribution in [3.8, 4) is 11.3 Å². The van der Waals surface area contributed by atoms with E-state index in [4.69, 9.17) is 0 Å². The predicted octanol–water partition coefficient (Wildman–Crippen LogP) is 3.23. The number of fused-ring (bicyclic) bond motifs is 1. The van der Waals surface area contributed by atoms with Crippen molar-refractivity contribution in [3.05, 3.63) is 73.4 Å². The van der Waals surface area contributed by atoms with E-state index in [1.54, 1.807) is 0 Å². The number of aryl methyl sites for hydroxylation is 1. The van der Waals surface area contributed by atoms with E-state index >= 15 is 0 Å². The lowest BCUT2D eigenvalue weighted by molar-refractivity contribution is -0.140. The molecule has 182 valence electrons. The molecule has 0 saturated heterocycles. The molecule has 1 aromatic carbocycles. The zero-order valence-corrected chi connectivity index (χ0v) is 18.7. The van der Waals surface area contributed by atoms with Gasteiger partial charge in [-0.2, -0.15) is 13.2 Å². The molecule has 35 heavy (non-hydrogen) atoms. The Morgan fingerprint density at radius 3 is 2.49 bits per heavy atom. The summed E-state index contributed by atoms with van der Waals surface area (Å²) >= 11 is 0.843. The fraction of sp³-hybridized carbons (Fsp3) is 0.190. The molecule has 8 nitrogen and oxygen atoms in total. The Hall–Kier alpha value is -3.94. The first kappa shape index (κ1) is 24.2. The van der Waals surface area contributed by atoms with E-state index in [0.717, 1.165) is 22.0 Å². The van der Waals surface area contributed by atoms with E-state index in [2.05, 4.69) is 15.3 Å². The molecule has 3 aromatic heterocycles. The highest BCUT2D eigenvalue weighted by Gasteiger charge is 2.36. The number of amides is 1. The third-order valence-electron chi connectivity index (χ3n) is 5.19. The number of halogens is 5. The van der Waals surface area contributed by atoms with Crippen molar-refractivity contribution in [2.45, 2.75) is 12.6 Å². The smallest absolute Gasteiger partial charge is 0.302 e. The van der Waals surface area contributed by atoms with Gasteiger partial charge in [0, 0.05) is 31.2 Å². The summed E-state index contributed by atoms with van der Waals surface area (Å²) in [7, 11) is 2.72. The minimum atomic E-state index is -5.06. The summed E-state index contributed by atoms with van der Waals surface area (Å²) in [6.45, 7) is 0. The van der Waals surface area contributed by atoms with Gasteiger partial charge in [-0.05, 0) is 23.8 Å². The predicted molar refractivity (Wildman–Crippen MR) is 117 cm³/mol. The van der Waals surface area contributed by atoms with Gasteiger partial charge in [0.15, 0.2) is 16.8 Å². The normalized spacial score (nSPS) is 11.7. The van der Waals surface area contributed by atoms with Crippen molar-refractivity contribution in [1.29, 1.82) is 0 Å². The van der Waals surface area contributed by atoms with Crippen LogP contribution in [-0.2, 0) is 31.5 Å². The number of thiazole rings is 1. The molecule has 3 heterocycles. The number of rotatable bonds is 4. The van der Waals surface area contributed by atoms with Crippen LogP contribution in [0.25, 0.3) is 22.3 Å². The van der Waals surface area contributed by atoms with Crippen LogP contribution >= 0.6 is 11.3 Å². The van der Waals surface area contributed by atoms with Crippen LogP contribution in [0.3, 0.4) is 0 Å². The highest BCUT2D eigenvalue weighted by atomic mass is 32.1. The van der Waals surface area contributed by atoms with Crippen LogP contribution in [0, 0.1) is 11.6 Å². The first-order valence-corrected chi connectivity index (χ1v) is 10.6. The standard InChI is InChI=1S/C21H14F5N5O3S/c1-30-17-14(18(33)31(2)20(30)34)9(5-6-27-17)7-13(32)29-19-28-12(8-35-19)10-3-4-11(21(24,25)26)16(23)15(10)22/h3-6,8H,7H2,1-2H3,(H,28,29,32). The van der Waals surface area contributed by atoms with Gasteiger partial charge in [0.25, 0.3) is 5.56 Å². The van der Waals surface area contributed by atoms with Crippen molar-refractivity contribution in [2.24, 2.45) is 14.1 Å². The molecule has 0 aliphatic rings. The molecule has 0 spiro atoms. The summed E-state index contributed by atoms with van der Waals surface area (Å²) < 4.78 is 68.5. The number of aromatic nitrogens is 4. The van der Waals surface area contributed by atoms with Crippen LogP contribution in [0.2, 0.25) is 0 Å². The Balaban J connectivity index is 1.60. The fourth-order valence-electron chi connectivity index (χ4n) is 3.45. The lowest BCUT2D eigenvalue weighted by Crippen LogP contribution is -2.37. The Morgan fingerprint density at radius 1 is 1.09 bits per heavy atom. The van der Waals surface area contributed by atoms with Gasteiger partial charge in [0.2, 0.25) is 5.91 Å². The van der Waals surface area contributed by atoms with E-state index < -0.39 is 46.1 Å². The van der Waals surface area contributed by atoms with E-state index in [1.807, 2.05) is 0 Å². The molecule has 4 rings (SSSR count). The zero-order chi connectivity index (χ0) is 25.7. The molecule has 0 aliphatic carbocycles. The molecule has 0 aliphatic heterocycles. The van der Waals surface area contributed by atoms with Crippen LogP contribution < -0.4 is 16.6 Å². The Labute approximate surface area is 196 Å². The number of alkyl halides is 3. The van der Waals surface area contributed by atoms with Crippen molar-refractivity contribution in [1.82, 2.24) is 19.1 Å². The third-order valence-corrected chi connectivity index (χ3v) is 5.95. The summed E-state index contributed by atoms with van der Waals surface area (Å²) in [6, 6.07) is 2.61. The summed E-state index contributed by atoms with van der Waals surface area (Å²) in [5.41, 5.74) is -3.24. The maximum Gasteiger partial charge on any atom is 0.419 e. The van der Waals surface area contributed by atoms with Gasteiger partial charge in [-0.15, -0.1) is 11.3 Å². The van der Waals surface area contributed by atoms with Crippen LogP contribution in [0.15, 0.2) is 39.4 Å². The lowest BCUT2D eigenvalue weighted by atomic mass is 10.1. The molecular weight excluding hydrogens is 497 g/mol. The second-order valence-electron chi connectivity index (χ2n) is 7.42. The van der Waals surface area contributed by atoms with Crippen molar-refractivity contribution in [3.63, 3.8) is 0 Å². The summed E-state index contributed by atoms with van der Waals surface area (Å²) in [5, 5.41) is 3.75. The first-order chi connectivity index (χ1) is 16.4. The van der Waals surface area contributed by atoms with Gasteiger partial charge in [-0.1, -0.05) is 0 Å². The second kappa shape index (κ2) is 8.69. The number of benzene rings is 1. The number of carbonyl (C=O) groups excluding carboxylic acids is 1. The van der Waals surface area contributed by atoms with Gasteiger partial charge < -0.3 is 5.32 Å². The summed E-state index contributed by atoms with van der Waals surface area (Å²) in [5.74, 6) is -4.38. The van der Waals surface area contributed by atoms with Crippen LogP contribution in [0.4, 0.5) is 27.1 Å². The molecule has 0 bridgehead atoms. The molecule has 4 aromatic rings. The average Bonchev–Trinajstić information content (AvgIpc) is 3.24. The van der Waals surface area contributed by atoms with Crippen LogP contribution in [0.1, 0.15) is 11.1 Å². The topological polar surface area (TPSA) is 98.9 Å². The van der Waals surface area contributed by atoms with Gasteiger partial charge in [-0.25, -0.2) is 23.5 Å². The highest BCUT2D eigenvalue weighted by molar-refractivity contribution is 7.14. The minimum absolute atomic E-state index is 0.0247. The number of nitrogens with zero attached hydrogens (tertiary/aromatic N) is 4. The molecule has 0 unspecified atom stereocenters. The number of carbonyl (C=O) groups is 1. The second-order valence-corrected chi connectivity index (χ2v) is 8.28. The molecule has 0 radical (unpaired) electrons. The number of hydrogen-bond donors (Lipinski definition) is 1. The van der Waals surface area contributed by atoms with E-state index in [-0.39, 0.29) is 33.8 Å². The van der Waals surface area contributed by atoms with Crippen molar-refractivity contribution in [2.75, 3.05) is 5.32 Å². The third kappa shape index (κ3) is 4.32. The van der Waals surface area contributed by atoms with Gasteiger partial charge in [0.05, 0.1) is 23.1 Å². The maximum absolute atomic E-state index is 14.3. The highest BCUT2D eigenvalue weighted by Crippen LogP contribution is 2.36. The van der Waals surface area contributed by atoms with Crippen LogP contribution in [-0.4, -0.2) is 25.0 Å². The van der Waals surface area contributed by atoms with Crippen molar-refractivity contribution < 1.29 is 26.7 Å². The number of nitrogens with one attached hydrogen (secondary N) is 1. The van der Waals surface area contributed by atoms with Crippen molar-refractivity contribution >= 4 is 33.4 Å². The van der Waals surface area contributed by atoms with Crippen LogP contribution in [0.5, 0.6) is 0 Å². The van der Waals surface area contributed by atoms with Gasteiger partial charge >= 0.3 is 11.9 Å². The van der Waals surface area contributed by atoms with E-state index in [1.165, 1.54) is 36.3 Å². The molecule has 14 heteroatoms. The number of anilines is 1. The Kier molecular flexibility index (Phi) is 6.00. The van der Waals surface area contributed by atoms with Gasteiger partial charge in [-0.3, -0.25) is 18.7 Å².